The Labute approximate surface area is 628 Å². The molecule has 27 nitrogen and oxygen atoms in total. The number of ether oxygens (including phenoxy) is 11. The minimum absolute atomic E-state index is 0.0129. The molecular formula is C76H111Cl2N9O18. The Morgan fingerprint density at radius 2 is 1.10 bits per heavy atom. The first kappa shape index (κ1) is 85.2. The van der Waals surface area contributed by atoms with Crippen LogP contribution >= 0.6 is 23.2 Å². The third-order valence-electron chi connectivity index (χ3n) is 16.7. The summed E-state index contributed by atoms with van der Waals surface area (Å²) in [5, 5.41) is 11.6. The van der Waals surface area contributed by atoms with Gasteiger partial charge in [0.25, 0.3) is 5.91 Å². The van der Waals surface area contributed by atoms with Crippen LogP contribution in [0.3, 0.4) is 0 Å². The molecule has 2 saturated heterocycles. The zero-order chi connectivity index (χ0) is 76.9. The Hall–Kier alpha value is -7.02. The van der Waals surface area contributed by atoms with E-state index in [0.29, 0.717) is 128 Å². The lowest BCUT2D eigenvalue weighted by Crippen LogP contribution is -2.55. The van der Waals surface area contributed by atoms with Crippen LogP contribution in [-0.4, -0.2) is 268 Å². The molecule has 3 aliphatic heterocycles. The molecule has 2 fully saturated rings. The van der Waals surface area contributed by atoms with Crippen LogP contribution in [0.2, 0.25) is 10.0 Å². The van der Waals surface area contributed by atoms with Gasteiger partial charge in [-0.25, -0.2) is 4.68 Å². The number of esters is 4. The maximum atomic E-state index is 14.5. The standard InChI is InChI=1S/C76H111Cl2N9O18/c1-72(2,3)102-65(90)47-82-23-25-83(48-66(91)103-73(4,5)6)27-29-85(30-28-84(26-24-82)49-67(92)104-74(7,8)9)60(71(94)105-75(10,11)12)19-20-63(88)79-22-33-97-36-38-99-40-39-98-37-35-96-32-21-64(89)80-55-18-16-17-52(41-55)57-45-58-62(46-61(57)95-15)101-50-59-68(70(93)86-31-34-100-51-76(86,13)14)81-87(69(58)59)56-43-53(77)42-54(78)44-56/h16-18,41-46,60H,19-40,47-51H2,1-15H3,(H,79,88)(H,80,89). The number of hydrogen-bond acceptors (Lipinski definition) is 23. The second-order valence-electron chi connectivity index (χ2n) is 30.8. The second-order valence-corrected chi connectivity index (χ2v) is 31.6. The average Bonchev–Trinajstić information content (AvgIpc) is 1.61. The smallest absolute Gasteiger partial charge is 0.323 e. The van der Waals surface area contributed by atoms with Crippen molar-refractivity contribution in [3.8, 4) is 39.6 Å². The number of methoxy groups -OCH3 is 1. The third kappa shape index (κ3) is 28.6. The fourth-order valence-corrected chi connectivity index (χ4v) is 12.5. The maximum absolute atomic E-state index is 14.5. The molecule has 7 rings (SSSR count). The van der Waals surface area contributed by atoms with E-state index in [1.54, 1.807) is 130 Å². The largest absolute Gasteiger partial charge is 0.496 e. The summed E-state index contributed by atoms with van der Waals surface area (Å²) in [6.45, 7) is 31.6. The fourth-order valence-electron chi connectivity index (χ4n) is 12.0. The molecule has 3 aliphatic rings. The van der Waals surface area contributed by atoms with E-state index < -0.39 is 57.9 Å². The molecule has 0 radical (unpaired) electrons. The van der Waals surface area contributed by atoms with Crippen molar-refractivity contribution in [1.29, 1.82) is 0 Å². The molecule has 1 aromatic heterocycles. The molecule has 3 amide bonds. The Morgan fingerprint density at radius 3 is 1.62 bits per heavy atom. The van der Waals surface area contributed by atoms with Gasteiger partial charge in [0.2, 0.25) is 11.8 Å². The predicted molar refractivity (Wildman–Crippen MR) is 398 cm³/mol. The molecule has 0 bridgehead atoms. The van der Waals surface area contributed by atoms with Crippen molar-refractivity contribution in [2.45, 2.75) is 157 Å². The number of amides is 3. The lowest BCUT2D eigenvalue weighted by atomic mass is 9.95. The van der Waals surface area contributed by atoms with E-state index in [2.05, 4.69) is 10.6 Å². The maximum Gasteiger partial charge on any atom is 0.323 e. The van der Waals surface area contributed by atoms with Crippen molar-refractivity contribution >= 4 is 70.5 Å². The van der Waals surface area contributed by atoms with Gasteiger partial charge in [-0.05, 0) is 145 Å². The normalized spacial score (nSPS) is 16.3. The van der Waals surface area contributed by atoms with Crippen molar-refractivity contribution in [1.82, 2.24) is 39.6 Å². The number of carbonyl (C=O) groups is 7. The molecule has 0 saturated carbocycles. The summed E-state index contributed by atoms with van der Waals surface area (Å²) in [4.78, 5) is 105. The van der Waals surface area contributed by atoms with E-state index in [0.717, 1.165) is 5.56 Å². The molecule has 4 heterocycles. The lowest BCUT2D eigenvalue weighted by molar-refractivity contribution is -0.163. The molecule has 0 aliphatic carbocycles. The molecule has 1 atom stereocenters. The Morgan fingerprint density at radius 1 is 0.590 bits per heavy atom. The summed E-state index contributed by atoms with van der Waals surface area (Å²) >= 11 is 13.1. The Balaban J connectivity index is 0.839. The van der Waals surface area contributed by atoms with Crippen LogP contribution < -0.4 is 20.1 Å². The highest BCUT2D eigenvalue weighted by Gasteiger charge is 2.40. The van der Waals surface area contributed by atoms with E-state index in [1.807, 2.05) is 57.7 Å². The molecule has 582 valence electrons. The van der Waals surface area contributed by atoms with E-state index in [-0.39, 0.29) is 128 Å². The zero-order valence-electron chi connectivity index (χ0n) is 64.1. The van der Waals surface area contributed by atoms with E-state index in [1.165, 1.54) is 0 Å². The van der Waals surface area contributed by atoms with Crippen molar-refractivity contribution in [2.75, 3.05) is 164 Å². The number of carbonyl (C=O) groups excluding carboxylic acids is 7. The number of nitrogens with zero attached hydrogens (tertiary/aromatic N) is 7. The summed E-state index contributed by atoms with van der Waals surface area (Å²) < 4.78 is 65.6. The summed E-state index contributed by atoms with van der Waals surface area (Å²) in [6, 6.07) is 15.3. The number of anilines is 1. The SMILES string of the molecule is COc1cc2c(cc1-c1cccc(NC(=O)CCOCCOCCOCCOCCNC(=O)CCC(C(=O)OC(C)(C)C)N3CCN(CC(=O)OC(C)(C)C)CCN(CC(=O)OC(C)(C)C)CCN(CC(=O)OC(C)(C)C)CC3)c1)-c1c(c(C(=O)N3CCOCC3(C)C)nn1-c1cc(Cl)cc(Cl)c1)CO2. The van der Waals surface area contributed by atoms with Gasteiger partial charge in [-0.2, -0.15) is 5.10 Å². The lowest BCUT2D eigenvalue weighted by Gasteiger charge is -2.41. The summed E-state index contributed by atoms with van der Waals surface area (Å²) in [7, 11) is 1.57. The van der Waals surface area contributed by atoms with Crippen molar-refractivity contribution in [3.63, 3.8) is 0 Å². The Bertz CT molecular complexity index is 3510. The highest BCUT2D eigenvalue weighted by Crippen LogP contribution is 2.47. The number of hydrogen-bond donors (Lipinski definition) is 2. The highest BCUT2D eigenvalue weighted by atomic mass is 35.5. The van der Waals surface area contributed by atoms with Crippen LogP contribution in [0.4, 0.5) is 5.69 Å². The van der Waals surface area contributed by atoms with Crippen molar-refractivity contribution < 1.29 is 85.7 Å². The number of benzene rings is 3. The van der Waals surface area contributed by atoms with Gasteiger partial charge in [0, 0.05) is 110 Å². The van der Waals surface area contributed by atoms with Gasteiger partial charge in [-0.3, -0.25) is 53.2 Å². The van der Waals surface area contributed by atoms with Crippen molar-refractivity contribution in [2.24, 2.45) is 0 Å². The van der Waals surface area contributed by atoms with E-state index in [9.17, 15) is 33.6 Å². The Kier molecular flexibility index (Phi) is 31.8. The minimum Gasteiger partial charge on any atom is -0.496 e. The topological polar surface area (TPSA) is 279 Å². The van der Waals surface area contributed by atoms with Gasteiger partial charge in [0.05, 0.1) is 116 Å². The monoisotopic (exact) mass is 1510 g/mol. The van der Waals surface area contributed by atoms with Gasteiger partial charge < -0.3 is 67.6 Å². The average molecular weight is 1510 g/mol. The van der Waals surface area contributed by atoms with E-state index in [4.69, 9.17) is 80.4 Å². The van der Waals surface area contributed by atoms with Gasteiger partial charge in [0.1, 0.15) is 46.6 Å². The number of morpholine rings is 1. The van der Waals surface area contributed by atoms with E-state index >= 15 is 0 Å². The van der Waals surface area contributed by atoms with Crippen LogP contribution in [0.25, 0.3) is 28.1 Å². The van der Waals surface area contributed by atoms with Crippen LogP contribution in [0.15, 0.2) is 54.6 Å². The highest BCUT2D eigenvalue weighted by molar-refractivity contribution is 6.35. The summed E-state index contributed by atoms with van der Waals surface area (Å²) in [5.74, 6) is -1.51. The molecular weight excluding hydrogens is 1400 g/mol. The zero-order valence-corrected chi connectivity index (χ0v) is 65.6. The molecule has 29 heteroatoms. The van der Waals surface area contributed by atoms with Gasteiger partial charge in [-0.15, -0.1) is 0 Å². The molecule has 0 spiro atoms. The van der Waals surface area contributed by atoms with Crippen LogP contribution in [-0.2, 0) is 78.0 Å². The van der Waals surface area contributed by atoms with Crippen LogP contribution in [0.5, 0.6) is 11.5 Å². The molecule has 3 aromatic carbocycles. The van der Waals surface area contributed by atoms with Crippen molar-refractivity contribution in [3.05, 3.63) is 75.9 Å². The number of halogens is 2. The van der Waals surface area contributed by atoms with Crippen LogP contribution in [0.1, 0.15) is 132 Å². The summed E-state index contributed by atoms with van der Waals surface area (Å²) in [5.41, 5.74) is 1.10. The van der Waals surface area contributed by atoms with Crippen LogP contribution in [0, 0.1) is 0 Å². The van der Waals surface area contributed by atoms with Gasteiger partial charge in [0.15, 0.2) is 5.69 Å². The number of fused-ring (bicyclic) bond motifs is 3. The first-order valence-corrected chi connectivity index (χ1v) is 36.8. The summed E-state index contributed by atoms with van der Waals surface area (Å²) in [6.07, 6.45) is 0.188. The van der Waals surface area contributed by atoms with Gasteiger partial charge in [-0.1, -0.05) is 35.3 Å². The first-order valence-electron chi connectivity index (χ1n) is 36.0. The van der Waals surface area contributed by atoms with Gasteiger partial charge >= 0.3 is 23.9 Å². The fraction of sp³-hybridized carbons (Fsp3) is 0.632. The number of aromatic nitrogens is 2. The molecule has 1 unspecified atom stereocenters. The minimum atomic E-state index is -0.882. The molecule has 2 N–H and O–H groups in total. The predicted octanol–water partition coefficient (Wildman–Crippen LogP) is 8.91. The second kappa shape index (κ2) is 39.2. The third-order valence-corrected chi connectivity index (χ3v) is 17.1. The molecule has 105 heavy (non-hydrogen) atoms. The first-order chi connectivity index (χ1) is 49.4. The number of rotatable bonds is 31. The molecule has 4 aromatic rings. The number of nitrogens with one attached hydrogen (secondary N) is 2. The quantitative estimate of drug-likeness (QED) is 0.0270.